The lowest BCUT2D eigenvalue weighted by Gasteiger charge is -2.17. The third kappa shape index (κ3) is 3.95. The molecule has 1 aromatic heterocycles. The molecule has 4 aromatic rings. The van der Waals surface area contributed by atoms with Crippen molar-refractivity contribution >= 4 is 34.5 Å². The van der Waals surface area contributed by atoms with Crippen molar-refractivity contribution in [1.29, 1.82) is 0 Å². The third-order valence-corrected chi connectivity index (χ3v) is 6.55. The molecule has 1 atom stereocenters. The Morgan fingerprint density at radius 3 is 2.75 bits per heavy atom. The Labute approximate surface area is 206 Å². The van der Waals surface area contributed by atoms with Gasteiger partial charge in [-0.15, -0.1) is 0 Å². The van der Waals surface area contributed by atoms with Gasteiger partial charge in [0, 0.05) is 23.4 Å². The second-order valence-electron chi connectivity index (χ2n) is 9.14. The molecule has 2 aliphatic rings. The first-order chi connectivity index (χ1) is 17.5. The molecule has 6 rings (SSSR count). The molecular formula is C28H23N3O5. The molecule has 0 bridgehead atoms. The second kappa shape index (κ2) is 8.73. The topological polar surface area (TPSA) is 102 Å². The van der Waals surface area contributed by atoms with Crippen LogP contribution in [0.15, 0.2) is 65.1 Å². The Bertz CT molecular complexity index is 1530. The van der Waals surface area contributed by atoms with Gasteiger partial charge in [-0.3, -0.25) is 19.3 Å². The smallest absolute Gasteiger partial charge is 0.261 e. The summed E-state index contributed by atoms with van der Waals surface area (Å²) in [5, 5.41) is 2.86. The predicted octanol–water partition coefficient (Wildman–Crippen LogP) is 4.83. The summed E-state index contributed by atoms with van der Waals surface area (Å²) in [6.07, 6.45) is 1.61. The van der Waals surface area contributed by atoms with Gasteiger partial charge in [0.15, 0.2) is 5.58 Å². The number of hydrogen-bond donors (Lipinski definition) is 1. The number of amides is 3. The molecule has 0 saturated carbocycles. The van der Waals surface area contributed by atoms with E-state index in [2.05, 4.69) is 10.3 Å². The Morgan fingerprint density at radius 2 is 1.92 bits per heavy atom. The van der Waals surface area contributed by atoms with Crippen molar-refractivity contribution in [3.05, 3.63) is 82.9 Å². The molecule has 3 heterocycles. The van der Waals surface area contributed by atoms with E-state index in [4.69, 9.17) is 9.15 Å². The number of anilines is 1. The lowest BCUT2D eigenvalue weighted by Crippen LogP contribution is -2.36. The minimum atomic E-state index is -0.395. The summed E-state index contributed by atoms with van der Waals surface area (Å²) in [5.74, 6) is -0.673. The Hall–Kier alpha value is -4.30. The largest absolute Gasteiger partial charge is 0.436 e. The number of carbonyl (C=O) groups is 3. The fourth-order valence-corrected chi connectivity index (χ4v) is 4.68. The van der Waals surface area contributed by atoms with Gasteiger partial charge in [-0.05, 0) is 73.9 Å². The molecule has 8 heteroatoms. The molecule has 180 valence electrons. The van der Waals surface area contributed by atoms with Gasteiger partial charge in [-0.1, -0.05) is 12.1 Å². The van der Waals surface area contributed by atoms with Crippen LogP contribution in [0.3, 0.4) is 0 Å². The first-order valence-electron chi connectivity index (χ1n) is 11.9. The first kappa shape index (κ1) is 22.2. The molecule has 0 aliphatic carbocycles. The SMILES string of the molecule is Cc1ccc2oc(-c3cccc(NC(=O)c4ccc5c(c4)C(=O)N(CC4CCCO4)C5=O)c3)nc2c1. The maximum Gasteiger partial charge on any atom is 0.261 e. The molecule has 0 radical (unpaired) electrons. The van der Waals surface area contributed by atoms with Crippen LogP contribution in [-0.4, -0.2) is 46.9 Å². The summed E-state index contributed by atoms with van der Waals surface area (Å²) >= 11 is 0. The van der Waals surface area contributed by atoms with Gasteiger partial charge in [-0.25, -0.2) is 4.98 Å². The zero-order valence-corrected chi connectivity index (χ0v) is 19.6. The van der Waals surface area contributed by atoms with Crippen LogP contribution in [0.4, 0.5) is 5.69 Å². The number of carbonyl (C=O) groups excluding carboxylic acids is 3. The summed E-state index contributed by atoms with van der Waals surface area (Å²) in [7, 11) is 0. The number of rotatable bonds is 5. The molecule has 0 spiro atoms. The van der Waals surface area contributed by atoms with Crippen LogP contribution in [0.5, 0.6) is 0 Å². The molecule has 2 aliphatic heterocycles. The van der Waals surface area contributed by atoms with E-state index in [-0.39, 0.29) is 35.6 Å². The highest BCUT2D eigenvalue weighted by atomic mass is 16.5. The van der Waals surface area contributed by atoms with Crippen LogP contribution in [-0.2, 0) is 4.74 Å². The lowest BCUT2D eigenvalue weighted by molar-refractivity contribution is 0.0475. The number of nitrogens with one attached hydrogen (secondary N) is 1. The maximum atomic E-state index is 13.0. The van der Waals surface area contributed by atoms with Crippen LogP contribution in [0, 0.1) is 6.92 Å². The monoisotopic (exact) mass is 481 g/mol. The van der Waals surface area contributed by atoms with Crippen molar-refractivity contribution in [1.82, 2.24) is 9.88 Å². The number of aryl methyl sites for hydroxylation is 1. The number of imide groups is 1. The Kier molecular flexibility index (Phi) is 5.38. The van der Waals surface area contributed by atoms with Crippen LogP contribution < -0.4 is 5.32 Å². The van der Waals surface area contributed by atoms with E-state index in [1.165, 1.54) is 17.0 Å². The van der Waals surface area contributed by atoms with Crippen molar-refractivity contribution in [3.63, 3.8) is 0 Å². The van der Waals surface area contributed by atoms with Crippen molar-refractivity contribution < 1.29 is 23.5 Å². The van der Waals surface area contributed by atoms with Gasteiger partial charge in [0.05, 0.1) is 23.8 Å². The Balaban J connectivity index is 1.21. The fourth-order valence-electron chi connectivity index (χ4n) is 4.68. The van der Waals surface area contributed by atoms with E-state index in [1.807, 2.05) is 31.2 Å². The molecular weight excluding hydrogens is 458 g/mol. The molecule has 8 nitrogen and oxygen atoms in total. The average Bonchev–Trinajstić information content (AvgIpc) is 3.60. The highest BCUT2D eigenvalue weighted by Gasteiger charge is 2.38. The van der Waals surface area contributed by atoms with Gasteiger partial charge in [0.2, 0.25) is 5.89 Å². The molecule has 1 unspecified atom stereocenters. The van der Waals surface area contributed by atoms with E-state index in [9.17, 15) is 14.4 Å². The number of oxazole rings is 1. The average molecular weight is 482 g/mol. The lowest BCUT2D eigenvalue weighted by atomic mass is 10.1. The van der Waals surface area contributed by atoms with Gasteiger partial charge in [-0.2, -0.15) is 0 Å². The molecule has 1 fully saturated rings. The summed E-state index contributed by atoms with van der Waals surface area (Å²) in [6, 6.07) is 17.6. The number of aromatic nitrogens is 1. The zero-order chi connectivity index (χ0) is 24.8. The van der Waals surface area contributed by atoms with E-state index in [0.717, 1.165) is 29.5 Å². The van der Waals surface area contributed by atoms with Crippen molar-refractivity contribution in [3.8, 4) is 11.5 Å². The minimum absolute atomic E-state index is 0.132. The van der Waals surface area contributed by atoms with E-state index >= 15 is 0 Å². The molecule has 1 N–H and O–H groups in total. The molecule has 3 aromatic carbocycles. The maximum absolute atomic E-state index is 13.0. The standard InChI is InChI=1S/C28H23N3O5/c1-16-7-10-24-23(12-16)30-26(36-24)18-4-2-5-19(13-18)29-25(32)17-8-9-21-22(14-17)28(34)31(27(21)33)15-20-6-3-11-35-20/h2,4-5,7-10,12-14,20H,3,6,11,15H2,1H3,(H,29,32). The summed E-state index contributed by atoms with van der Waals surface area (Å²) < 4.78 is 11.5. The summed E-state index contributed by atoms with van der Waals surface area (Å²) in [6.45, 7) is 2.87. The highest BCUT2D eigenvalue weighted by molar-refractivity contribution is 6.22. The Morgan fingerprint density at radius 1 is 1.06 bits per heavy atom. The summed E-state index contributed by atoms with van der Waals surface area (Å²) in [5.41, 5.74) is 4.66. The second-order valence-corrected chi connectivity index (χ2v) is 9.14. The molecule has 36 heavy (non-hydrogen) atoms. The number of ether oxygens (including phenoxy) is 1. The first-order valence-corrected chi connectivity index (χ1v) is 11.9. The molecule has 3 amide bonds. The fraction of sp³-hybridized carbons (Fsp3) is 0.214. The quantitative estimate of drug-likeness (QED) is 0.410. The van der Waals surface area contributed by atoms with Crippen LogP contribution in [0.2, 0.25) is 0 Å². The number of hydrogen-bond acceptors (Lipinski definition) is 6. The van der Waals surface area contributed by atoms with Crippen molar-refractivity contribution in [2.24, 2.45) is 0 Å². The third-order valence-electron chi connectivity index (χ3n) is 6.55. The zero-order valence-electron chi connectivity index (χ0n) is 19.6. The van der Waals surface area contributed by atoms with Crippen LogP contribution in [0.25, 0.3) is 22.6 Å². The van der Waals surface area contributed by atoms with Crippen LogP contribution in [0.1, 0.15) is 49.5 Å². The number of fused-ring (bicyclic) bond motifs is 2. The van der Waals surface area contributed by atoms with Crippen LogP contribution >= 0.6 is 0 Å². The highest BCUT2D eigenvalue weighted by Crippen LogP contribution is 2.28. The number of benzene rings is 3. The van der Waals surface area contributed by atoms with Gasteiger partial charge in [0.25, 0.3) is 17.7 Å². The van der Waals surface area contributed by atoms with Crippen molar-refractivity contribution in [2.75, 3.05) is 18.5 Å². The van der Waals surface area contributed by atoms with Gasteiger partial charge in [0.1, 0.15) is 5.52 Å². The van der Waals surface area contributed by atoms with Gasteiger partial charge < -0.3 is 14.5 Å². The molecule has 1 saturated heterocycles. The summed E-state index contributed by atoms with van der Waals surface area (Å²) in [4.78, 5) is 44.5. The van der Waals surface area contributed by atoms with E-state index in [0.29, 0.717) is 29.3 Å². The predicted molar refractivity (Wildman–Crippen MR) is 133 cm³/mol. The van der Waals surface area contributed by atoms with E-state index in [1.54, 1.807) is 24.3 Å². The normalized spacial score (nSPS) is 17.1. The van der Waals surface area contributed by atoms with Crippen molar-refractivity contribution in [2.45, 2.75) is 25.9 Å². The van der Waals surface area contributed by atoms with Gasteiger partial charge >= 0.3 is 0 Å². The minimum Gasteiger partial charge on any atom is -0.436 e. The van der Waals surface area contributed by atoms with E-state index < -0.39 is 5.91 Å². The number of nitrogens with zero attached hydrogens (tertiary/aromatic N) is 2.